The van der Waals surface area contributed by atoms with E-state index in [1.807, 2.05) is 0 Å². The van der Waals surface area contributed by atoms with E-state index in [4.69, 9.17) is 20.9 Å². The second kappa shape index (κ2) is 20.7. The first-order valence-corrected chi connectivity index (χ1v) is 15.7. The normalized spacial score (nSPS) is 13.8. The fourth-order valence-corrected chi connectivity index (χ4v) is 10.6. The lowest BCUT2D eigenvalue weighted by molar-refractivity contribution is -0.133. The number of hydrogen-bond acceptors (Lipinski definition) is 6. The SMILES string of the molecule is CCCCCCCCCCCC[SiH](O[SiH2]O[SiH2]O[SiH2]O[SiH3])OC(C)=O. The topological polar surface area (TPSA) is 63.2 Å². The first kappa shape index (κ1) is 25.4. The van der Waals surface area contributed by atoms with E-state index in [-0.39, 0.29) is 5.97 Å². The number of carbonyl (C=O) groups excluding carboxylic acids is 1. The molecular formula is C14H38O6Si5. The van der Waals surface area contributed by atoms with Crippen LogP contribution in [0.5, 0.6) is 0 Å². The molecule has 0 amide bonds. The molecule has 0 heterocycles. The molecule has 25 heavy (non-hydrogen) atoms. The summed E-state index contributed by atoms with van der Waals surface area (Å²) in [6, 6.07) is 0.896. The molecule has 1 atom stereocenters. The Balaban J connectivity index is 3.56. The van der Waals surface area contributed by atoms with Crippen LogP contribution in [0.25, 0.3) is 0 Å². The highest BCUT2D eigenvalue weighted by atomic mass is 28.4. The summed E-state index contributed by atoms with van der Waals surface area (Å²) in [6.07, 6.45) is 13.1. The van der Waals surface area contributed by atoms with E-state index in [1.165, 1.54) is 64.7 Å². The second-order valence-corrected chi connectivity index (χ2v) is 15.5. The Morgan fingerprint density at radius 2 is 1.44 bits per heavy atom. The summed E-state index contributed by atoms with van der Waals surface area (Å²) in [5.41, 5.74) is 0. The van der Waals surface area contributed by atoms with E-state index < -0.39 is 39.3 Å². The molecule has 6 nitrogen and oxygen atoms in total. The van der Waals surface area contributed by atoms with Gasteiger partial charge in [-0.2, -0.15) is 0 Å². The first-order chi connectivity index (χ1) is 12.2. The van der Waals surface area contributed by atoms with Gasteiger partial charge in [0.05, 0.1) is 0 Å². The van der Waals surface area contributed by atoms with E-state index in [0.717, 1.165) is 23.0 Å². The van der Waals surface area contributed by atoms with E-state index in [2.05, 4.69) is 6.92 Å². The van der Waals surface area contributed by atoms with Crippen LogP contribution in [0.2, 0.25) is 6.04 Å². The maximum Gasteiger partial charge on any atom is 0.376 e. The quantitative estimate of drug-likeness (QED) is 0.208. The molecule has 0 rings (SSSR count). The van der Waals surface area contributed by atoms with Crippen molar-refractivity contribution in [3.63, 3.8) is 0 Å². The van der Waals surface area contributed by atoms with Gasteiger partial charge in [-0.3, -0.25) is 4.79 Å². The Labute approximate surface area is 165 Å². The van der Waals surface area contributed by atoms with Crippen LogP contribution in [-0.4, -0.2) is 55.8 Å². The highest BCUT2D eigenvalue weighted by molar-refractivity contribution is 6.54. The molecule has 0 aliphatic rings. The van der Waals surface area contributed by atoms with Crippen molar-refractivity contribution >= 4 is 55.8 Å². The summed E-state index contributed by atoms with van der Waals surface area (Å²) in [5.74, 6) is -0.233. The van der Waals surface area contributed by atoms with Crippen LogP contribution in [0.4, 0.5) is 0 Å². The first-order valence-electron chi connectivity index (χ1n) is 9.64. The van der Waals surface area contributed by atoms with Crippen molar-refractivity contribution in [1.82, 2.24) is 0 Å². The van der Waals surface area contributed by atoms with E-state index in [9.17, 15) is 4.79 Å². The molecule has 0 aliphatic carbocycles. The molecule has 0 bridgehead atoms. The molecule has 0 fully saturated rings. The second-order valence-electron chi connectivity index (χ2n) is 6.23. The molecule has 0 spiro atoms. The van der Waals surface area contributed by atoms with E-state index in [0.29, 0.717) is 0 Å². The fraction of sp³-hybridized carbons (Fsp3) is 0.929. The van der Waals surface area contributed by atoms with Crippen LogP contribution in [0, 0.1) is 0 Å². The summed E-state index contributed by atoms with van der Waals surface area (Å²) >= 11 is 0. The third-order valence-electron chi connectivity index (χ3n) is 3.80. The molecule has 0 aliphatic heterocycles. The minimum absolute atomic E-state index is 0.233. The molecule has 150 valence electrons. The Bertz CT molecular complexity index is 301. The van der Waals surface area contributed by atoms with Crippen molar-refractivity contribution in [2.75, 3.05) is 0 Å². The van der Waals surface area contributed by atoms with Gasteiger partial charge in [-0.15, -0.1) is 0 Å². The van der Waals surface area contributed by atoms with Crippen LogP contribution >= 0.6 is 0 Å². The van der Waals surface area contributed by atoms with Crippen molar-refractivity contribution in [3.8, 4) is 0 Å². The average molecular weight is 443 g/mol. The lowest BCUT2D eigenvalue weighted by Gasteiger charge is -2.16. The van der Waals surface area contributed by atoms with Crippen molar-refractivity contribution in [2.24, 2.45) is 0 Å². The lowest BCUT2D eigenvalue weighted by atomic mass is 10.1. The average Bonchev–Trinajstić information content (AvgIpc) is 2.58. The van der Waals surface area contributed by atoms with Gasteiger partial charge in [-0.05, 0) is 6.04 Å². The van der Waals surface area contributed by atoms with E-state index in [1.54, 1.807) is 0 Å². The van der Waals surface area contributed by atoms with Crippen molar-refractivity contribution < 1.29 is 25.7 Å². The van der Waals surface area contributed by atoms with Crippen LogP contribution in [0.15, 0.2) is 0 Å². The molecule has 1 unspecified atom stereocenters. The third kappa shape index (κ3) is 20.6. The minimum Gasteiger partial charge on any atom is -0.497 e. The van der Waals surface area contributed by atoms with Crippen LogP contribution in [0.1, 0.15) is 78.1 Å². The Morgan fingerprint density at radius 1 is 0.880 bits per heavy atom. The third-order valence-corrected chi connectivity index (χ3v) is 10.9. The summed E-state index contributed by atoms with van der Waals surface area (Å²) in [5, 5.41) is 0. The molecular weight excluding hydrogens is 405 g/mol. The maximum absolute atomic E-state index is 11.2. The van der Waals surface area contributed by atoms with Gasteiger partial charge in [-0.1, -0.05) is 71.1 Å². The standard InChI is InChI=1S/C14H38O6Si5/c1-3-4-5-6-7-8-9-10-11-12-13-25(16-14(2)15)20-24-19-23-18-22-17-21/h25H,3-13,22-24H2,1-2,21H3. The molecule has 0 N–H and O–H groups in total. The van der Waals surface area contributed by atoms with Crippen LogP contribution in [0.3, 0.4) is 0 Å². The zero-order chi connectivity index (χ0) is 18.6. The van der Waals surface area contributed by atoms with E-state index >= 15 is 0 Å². The van der Waals surface area contributed by atoms with Crippen molar-refractivity contribution in [3.05, 3.63) is 0 Å². The molecule has 0 saturated heterocycles. The van der Waals surface area contributed by atoms with Gasteiger partial charge in [0, 0.05) is 6.92 Å². The van der Waals surface area contributed by atoms with Gasteiger partial charge in [0.25, 0.3) is 36.0 Å². The lowest BCUT2D eigenvalue weighted by Crippen LogP contribution is -2.29. The monoisotopic (exact) mass is 442 g/mol. The van der Waals surface area contributed by atoms with Crippen molar-refractivity contribution in [1.29, 1.82) is 0 Å². The zero-order valence-electron chi connectivity index (χ0n) is 16.4. The number of hydrogen-bond donors (Lipinski definition) is 0. The molecule has 11 heteroatoms. The maximum atomic E-state index is 11.2. The van der Waals surface area contributed by atoms with Gasteiger partial charge in [0.15, 0.2) is 0 Å². The molecule has 0 aromatic rings. The largest absolute Gasteiger partial charge is 0.497 e. The highest BCUT2D eigenvalue weighted by Gasteiger charge is 2.16. The minimum atomic E-state index is -1.89. The molecule has 0 aromatic heterocycles. The van der Waals surface area contributed by atoms with Gasteiger partial charge in [-0.25, -0.2) is 0 Å². The summed E-state index contributed by atoms with van der Waals surface area (Å²) < 4.78 is 27.0. The number of unbranched alkanes of at least 4 members (excludes halogenated alkanes) is 9. The zero-order valence-corrected chi connectivity index (χ0v) is 23.8. The summed E-state index contributed by atoms with van der Waals surface area (Å²) in [6.45, 7) is 3.71. The summed E-state index contributed by atoms with van der Waals surface area (Å²) in [4.78, 5) is 11.2. The predicted octanol–water partition coefficient (Wildman–Crippen LogP) is 0.0341. The van der Waals surface area contributed by atoms with Gasteiger partial charge in [0.1, 0.15) is 10.5 Å². The fourth-order valence-electron chi connectivity index (χ4n) is 2.49. The van der Waals surface area contributed by atoms with Crippen LogP contribution in [-0.2, 0) is 25.7 Å². The molecule has 0 aromatic carbocycles. The Hall–Kier alpha value is 0.394. The Kier molecular flexibility index (Phi) is 21.0. The van der Waals surface area contributed by atoms with Gasteiger partial charge in [0.2, 0.25) is 0 Å². The van der Waals surface area contributed by atoms with Crippen LogP contribution < -0.4 is 0 Å². The molecule has 0 saturated carbocycles. The summed E-state index contributed by atoms with van der Waals surface area (Å²) in [7, 11) is -3.93. The molecule has 0 radical (unpaired) electrons. The smallest absolute Gasteiger partial charge is 0.376 e. The number of carbonyl (C=O) groups is 1. The predicted molar refractivity (Wildman–Crippen MR) is 115 cm³/mol. The highest BCUT2D eigenvalue weighted by Crippen LogP contribution is 2.12. The van der Waals surface area contributed by atoms with Gasteiger partial charge < -0.3 is 20.9 Å². The van der Waals surface area contributed by atoms with Crippen molar-refractivity contribution in [2.45, 2.75) is 84.1 Å². The number of rotatable bonds is 19. The van der Waals surface area contributed by atoms with Gasteiger partial charge >= 0.3 is 9.28 Å². The Morgan fingerprint density at radius 3 is 2.00 bits per heavy atom.